The van der Waals surface area contributed by atoms with Crippen LogP contribution in [0, 0.1) is 0 Å². The first-order valence-corrected chi connectivity index (χ1v) is 6.04. The predicted octanol–water partition coefficient (Wildman–Crippen LogP) is 3.56. The summed E-state index contributed by atoms with van der Waals surface area (Å²) in [5.41, 5.74) is 1.28. The number of alkyl halides is 1. The SMILES string of the molecule is CCC(Cl)CNCc1cccc(Br)c1. The Bertz CT molecular complexity index is 278. The van der Waals surface area contributed by atoms with Crippen molar-refractivity contribution in [1.82, 2.24) is 5.32 Å². The van der Waals surface area contributed by atoms with E-state index >= 15 is 0 Å². The third kappa shape index (κ3) is 4.45. The molecule has 0 amide bonds. The zero-order chi connectivity index (χ0) is 10.4. The number of rotatable bonds is 5. The molecule has 0 bridgehead atoms. The first-order chi connectivity index (χ1) is 6.72. The monoisotopic (exact) mass is 275 g/mol. The number of halogens is 2. The molecule has 0 aromatic heterocycles. The summed E-state index contributed by atoms with van der Waals surface area (Å²) in [5, 5.41) is 3.56. The lowest BCUT2D eigenvalue weighted by atomic mass is 10.2. The molecule has 1 aromatic carbocycles. The Morgan fingerprint density at radius 1 is 1.50 bits per heavy atom. The van der Waals surface area contributed by atoms with Crippen molar-refractivity contribution < 1.29 is 0 Å². The largest absolute Gasteiger partial charge is 0.311 e. The summed E-state index contributed by atoms with van der Waals surface area (Å²) in [6, 6.07) is 8.29. The third-order valence-corrected chi connectivity index (χ3v) is 2.98. The zero-order valence-electron chi connectivity index (χ0n) is 8.26. The normalized spacial score (nSPS) is 12.8. The van der Waals surface area contributed by atoms with E-state index in [4.69, 9.17) is 11.6 Å². The summed E-state index contributed by atoms with van der Waals surface area (Å²) in [5.74, 6) is 0. The van der Waals surface area contributed by atoms with Crippen LogP contribution in [0.1, 0.15) is 18.9 Å². The third-order valence-electron chi connectivity index (χ3n) is 2.03. The Morgan fingerprint density at radius 2 is 2.29 bits per heavy atom. The molecule has 1 aromatic rings. The van der Waals surface area contributed by atoms with Gasteiger partial charge in [-0.05, 0) is 24.1 Å². The fourth-order valence-electron chi connectivity index (χ4n) is 1.16. The van der Waals surface area contributed by atoms with Crippen molar-refractivity contribution in [3.8, 4) is 0 Å². The first kappa shape index (κ1) is 12.0. The summed E-state index contributed by atoms with van der Waals surface area (Å²) >= 11 is 9.43. The predicted molar refractivity (Wildman–Crippen MR) is 65.8 cm³/mol. The Balaban J connectivity index is 2.31. The average Bonchev–Trinajstić information content (AvgIpc) is 2.17. The van der Waals surface area contributed by atoms with Crippen LogP contribution in [0.4, 0.5) is 0 Å². The van der Waals surface area contributed by atoms with Crippen molar-refractivity contribution >= 4 is 27.5 Å². The van der Waals surface area contributed by atoms with Crippen molar-refractivity contribution in [3.05, 3.63) is 34.3 Å². The Hall–Kier alpha value is -0.0500. The van der Waals surface area contributed by atoms with E-state index in [1.165, 1.54) is 5.56 Å². The van der Waals surface area contributed by atoms with Gasteiger partial charge in [0.1, 0.15) is 0 Å². The molecule has 0 radical (unpaired) electrons. The van der Waals surface area contributed by atoms with Crippen LogP contribution in [0.25, 0.3) is 0 Å². The lowest BCUT2D eigenvalue weighted by Crippen LogP contribution is -2.22. The van der Waals surface area contributed by atoms with Crippen LogP contribution < -0.4 is 5.32 Å². The van der Waals surface area contributed by atoms with Gasteiger partial charge in [0.15, 0.2) is 0 Å². The van der Waals surface area contributed by atoms with Crippen LogP contribution in [-0.2, 0) is 6.54 Å². The quantitative estimate of drug-likeness (QED) is 0.811. The minimum Gasteiger partial charge on any atom is -0.311 e. The molecule has 0 saturated heterocycles. The van der Waals surface area contributed by atoms with Gasteiger partial charge in [0.25, 0.3) is 0 Å². The molecule has 1 atom stereocenters. The van der Waals surface area contributed by atoms with Crippen molar-refractivity contribution in [2.45, 2.75) is 25.3 Å². The van der Waals surface area contributed by atoms with Crippen molar-refractivity contribution in [2.24, 2.45) is 0 Å². The van der Waals surface area contributed by atoms with Gasteiger partial charge in [0.05, 0.1) is 0 Å². The molecule has 0 heterocycles. The fraction of sp³-hybridized carbons (Fsp3) is 0.455. The molecule has 1 N–H and O–H groups in total. The molecule has 1 unspecified atom stereocenters. The van der Waals surface area contributed by atoms with Gasteiger partial charge in [-0.3, -0.25) is 0 Å². The van der Waals surface area contributed by atoms with Gasteiger partial charge in [-0.1, -0.05) is 35.0 Å². The van der Waals surface area contributed by atoms with E-state index in [0.29, 0.717) is 0 Å². The van der Waals surface area contributed by atoms with Gasteiger partial charge in [-0.15, -0.1) is 11.6 Å². The number of benzene rings is 1. The molecule has 78 valence electrons. The van der Waals surface area contributed by atoms with Gasteiger partial charge in [-0.2, -0.15) is 0 Å². The minimum absolute atomic E-state index is 0.238. The van der Waals surface area contributed by atoms with Crippen LogP contribution in [0.2, 0.25) is 0 Å². The fourth-order valence-corrected chi connectivity index (χ4v) is 1.72. The molecule has 0 fully saturated rings. The van der Waals surface area contributed by atoms with Crippen LogP contribution in [-0.4, -0.2) is 11.9 Å². The zero-order valence-corrected chi connectivity index (χ0v) is 10.6. The van der Waals surface area contributed by atoms with Crippen LogP contribution >= 0.6 is 27.5 Å². The van der Waals surface area contributed by atoms with E-state index in [1.54, 1.807) is 0 Å². The second-order valence-electron chi connectivity index (χ2n) is 3.27. The van der Waals surface area contributed by atoms with Gasteiger partial charge < -0.3 is 5.32 Å². The lowest BCUT2D eigenvalue weighted by molar-refractivity contribution is 0.647. The lowest BCUT2D eigenvalue weighted by Gasteiger charge is -2.08. The molecular weight excluding hydrogens is 261 g/mol. The van der Waals surface area contributed by atoms with Crippen LogP contribution in [0.3, 0.4) is 0 Å². The Morgan fingerprint density at radius 3 is 2.93 bits per heavy atom. The second kappa shape index (κ2) is 6.44. The standard InChI is InChI=1S/C11H15BrClN/c1-2-11(13)8-14-7-9-4-3-5-10(12)6-9/h3-6,11,14H,2,7-8H2,1H3. The summed E-state index contributed by atoms with van der Waals surface area (Å²) in [6.45, 7) is 3.84. The van der Waals surface area contributed by atoms with Gasteiger partial charge in [0.2, 0.25) is 0 Å². The molecule has 1 nitrogen and oxygen atoms in total. The second-order valence-corrected chi connectivity index (χ2v) is 4.80. The molecule has 3 heteroatoms. The topological polar surface area (TPSA) is 12.0 Å². The minimum atomic E-state index is 0.238. The van der Waals surface area contributed by atoms with E-state index in [2.05, 4.69) is 40.3 Å². The smallest absolute Gasteiger partial charge is 0.0458 e. The molecule has 0 aliphatic heterocycles. The van der Waals surface area contributed by atoms with Crippen LogP contribution in [0.5, 0.6) is 0 Å². The molecule has 1 rings (SSSR count). The maximum atomic E-state index is 5.99. The maximum Gasteiger partial charge on any atom is 0.0458 e. The summed E-state index contributed by atoms with van der Waals surface area (Å²) in [7, 11) is 0. The molecule has 0 saturated carbocycles. The summed E-state index contributed by atoms with van der Waals surface area (Å²) < 4.78 is 1.12. The summed E-state index contributed by atoms with van der Waals surface area (Å²) in [6.07, 6.45) is 1.01. The van der Waals surface area contributed by atoms with Crippen molar-refractivity contribution in [2.75, 3.05) is 6.54 Å². The highest BCUT2D eigenvalue weighted by Gasteiger charge is 2.00. The highest BCUT2D eigenvalue weighted by atomic mass is 79.9. The Labute approximate surface area is 99.0 Å². The van der Waals surface area contributed by atoms with E-state index < -0.39 is 0 Å². The summed E-state index contributed by atoms with van der Waals surface area (Å²) in [4.78, 5) is 0. The molecular formula is C11H15BrClN. The molecule has 0 aliphatic rings. The molecule has 14 heavy (non-hydrogen) atoms. The Kier molecular flexibility index (Phi) is 5.53. The number of nitrogens with one attached hydrogen (secondary N) is 1. The maximum absolute atomic E-state index is 5.99. The van der Waals surface area contributed by atoms with Crippen LogP contribution in [0.15, 0.2) is 28.7 Å². The highest BCUT2D eigenvalue weighted by Crippen LogP contribution is 2.11. The van der Waals surface area contributed by atoms with Gasteiger partial charge >= 0.3 is 0 Å². The van der Waals surface area contributed by atoms with Gasteiger partial charge in [0, 0.05) is 22.9 Å². The van der Waals surface area contributed by atoms with E-state index in [1.807, 2.05) is 12.1 Å². The van der Waals surface area contributed by atoms with Gasteiger partial charge in [-0.25, -0.2) is 0 Å². The van der Waals surface area contributed by atoms with E-state index in [9.17, 15) is 0 Å². The van der Waals surface area contributed by atoms with E-state index in [-0.39, 0.29) is 5.38 Å². The first-order valence-electron chi connectivity index (χ1n) is 4.81. The molecule has 0 aliphatic carbocycles. The number of hydrogen-bond donors (Lipinski definition) is 1. The highest BCUT2D eigenvalue weighted by molar-refractivity contribution is 9.10. The average molecular weight is 277 g/mol. The molecule has 0 spiro atoms. The van der Waals surface area contributed by atoms with Crippen molar-refractivity contribution in [3.63, 3.8) is 0 Å². The number of hydrogen-bond acceptors (Lipinski definition) is 1. The van der Waals surface area contributed by atoms with E-state index in [0.717, 1.165) is 24.0 Å². The van der Waals surface area contributed by atoms with Crippen molar-refractivity contribution in [1.29, 1.82) is 0 Å².